The van der Waals surface area contributed by atoms with Crippen LogP contribution < -0.4 is 5.32 Å². The lowest BCUT2D eigenvalue weighted by atomic mass is 10.1. The van der Waals surface area contributed by atoms with Crippen LogP contribution in [0.3, 0.4) is 0 Å². The van der Waals surface area contributed by atoms with E-state index in [9.17, 15) is 0 Å². The third-order valence-electron chi connectivity index (χ3n) is 2.96. The normalized spacial score (nSPS) is 15.3. The fraction of sp³-hybridized carbons (Fsp3) is 0.364. The molecule has 0 radical (unpaired) electrons. The number of nitrogens with zero attached hydrogens (tertiary/aromatic N) is 2. The predicted octanol–water partition coefficient (Wildman–Crippen LogP) is 1.29. The molecule has 3 rings (SSSR count). The molecule has 2 aromatic heterocycles. The van der Waals surface area contributed by atoms with Gasteiger partial charge in [0.25, 0.3) is 0 Å². The molecule has 0 bridgehead atoms. The van der Waals surface area contributed by atoms with Crippen molar-refractivity contribution in [1.29, 1.82) is 0 Å². The molecule has 78 valence electrons. The van der Waals surface area contributed by atoms with Gasteiger partial charge in [-0.3, -0.25) is 5.10 Å². The van der Waals surface area contributed by atoms with Crippen LogP contribution >= 0.6 is 0 Å². The summed E-state index contributed by atoms with van der Waals surface area (Å²) in [4.78, 5) is 0. The Balaban J connectivity index is 2.06. The Morgan fingerprint density at radius 2 is 2.40 bits per heavy atom. The second kappa shape index (κ2) is 3.24. The zero-order chi connectivity index (χ0) is 10.3. The van der Waals surface area contributed by atoms with Crippen LogP contribution in [-0.2, 0) is 13.1 Å². The highest BCUT2D eigenvalue weighted by molar-refractivity contribution is 5.65. The summed E-state index contributed by atoms with van der Waals surface area (Å²) in [5, 5.41) is 10.4. The summed E-state index contributed by atoms with van der Waals surface area (Å²) in [6.07, 6.45) is 4.11. The summed E-state index contributed by atoms with van der Waals surface area (Å²) >= 11 is 0. The van der Waals surface area contributed by atoms with Crippen molar-refractivity contribution in [3.05, 3.63) is 29.8 Å². The van der Waals surface area contributed by atoms with Crippen molar-refractivity contribution < 1.29 is 0 Å². The SMILES string of the molecule is Cc1[nH]ncc1-c1cc2n(c1)CCNC2. The second-order valence-electron chi connectivity index (χ2n) is 4.00. The first-order valence-corrected chi connectivity index (χ1v) is 5.25. The molecular formula is C11H14N4. The van der Waals surface area contributed by atoms with Gasteiger partial charge >= 0.3 is 0 Å². The molecule has 0 unspecified atom stereocenters. The zero-order valence-electron chi connectivity index (χ0n) is 8.75. The van der Waals surface area contributed by atoms with Gasteiger partial charge in [-0.1, -0.05) is 0 Å². The molecule has 1 aliphatic rings. The van der Waals surface area contributed by atoms with Gasteiger partial charge < -0.3 is 9.88 Å². The lowest BCUT2D eigenvalue weighted by Gasteiger charge is -2.15. The highest BCUT2D eigenvalue weighted by Gasteiger charge is 2.12. The summed E-state index contributed by atoms with van der Waals surface area (Å²) in [6, 6.07) is 2.24. The molecule has 0 saturated carbocycles. The molecule has 4 nitrogen and oxygen atoms in total. The van der Waals surface area contributed by atoms with Gasteiger partial charge in [-0.05, 0) is 13.0 Å². The van der Waals surface area contributed by atoms with E-state index in [-0.39, 0.29) is 0 Å². The van der Waals surface area contributed by atoms with Gasteiger partial charge in [0.2, 0.25) is 0 Å². The van der Waals surface area contributed by atoms with Gasteiger partial charge in [0, 0.05) is 48.3 Å². The van der Waals surface area contributed by atoms with Crippen LogP contribution in [-0.4, -0.2) is 21.3 Å². The monoisotopic (exact) mass is 202 g/mol. The zero-order valence-corrected chi connectivity index (χ0v) is 8.75. The average molecular weight is 202 g/mol. The lowest BCUT2D eigenvalue weighted by Crippen LogP contribution is -2.27. The molecule has 3 heterocycles. The molecule has 0 spiro atoms. The van der Waals surface area contributed by atoms with Crippen LogP contribution in [0.15, 0.2) is 18.5 Å². The second-order valence-corrected chi connectivity index (χ2v) is 4.00. The van der Waals surface area contributed by atoms with E-state index in [0.29, 0.717) is 0 Å². The van der Waals surface area contributed by atoms with Crippen molar-refractivity contribution in [2.75, 3.05) is 6.54 Å². The maximum Gasteiger partial charge on any atom is 0.0569 e. The first kappa shape index (κ1) is 8.73. The minimum absolute atomic E-state index is 0.969. The van der Waals surface area contributed by atoms with Crippen LogP contribution in [0.5, 0.6) is 0 Å². The van der Waals surface area contributed by atoms with Crippen molar-refractivity contribution in [3.8, 4) is 11.1 Å². The number of rotatable bonds is 1. The molecule has 0 amide bonds. The van der Waals surface area contributed by atoms with Crippen molar-refractivity contribution in [2.24, 2.45) is 0 Å². The number of hydrogen-bond acceptors (Lipinski definition) is 2. The van der Waals surface area contributed by atoms with E-state index in [4.69, 9.17) is 0 Å². The number of hydrogen-bond donors (Lipinski definition) is 2. The van der Waals surface area contributed by atoms with Gasteiger partial charge in [0.15, 0.2) is 0 Å². The number of fused-ring (bicyclic) bond motifs is 1. The van der Waals surface area contributed by atoms with Crippen molar-refractivity contribution in [3.63, 3.8) is 0 Å². The molecule has 0 fully saturated rings. The molecule has 0 atom stereocenters. The molecule has 2 N–H and O–H groups in total. The van der Waals surface area contributed by atoms with Crippen LogP contribution in [0.4, 0.5) is 0 Å². The fourth-order valence-electron chi connectivity index (χ4n) is 2.12. The van der Waals surface area contributed by atoms with Crippen LogP contribution in [0.2, 0.25) is 0 Å². The standard InChI is InChI=1S/C11H14N4/c1-8-11(6-13-14-8)9-4-10-5-12-2-3-15(10)7-9/h4,6-7,12H,2-3,5H2,1H3,(H,13,14). The average Bonchev–Trinajstić information content (AvgIpc) is 2.82. The molecule has 0 aliphatic carbocycles. The number of aromatic amines is 1. The van der Waals surface area contributed by atoms with E-state index in [1.54, 1.807) is 0 Å². The molecule has 1 aliphatic heterocycles. The Morgan fingerprint density at radius 1 is 1.47 bits per heavy atom. The Hall–Kier alpha value is -1.55. The van der Waals surface area contributed by atoms with E-state index < -0.39 is 0 Å². The molecule has 0 aromatic carbocycles. The predicted molar refractivity (Wildman–Crippen MR) is 58.5 cm³/mol. The third-order valence-corrected chi connectivity index (χ3v) is 2.96. The summed E-state index contributed by atoms with van der Waals surface area (Å²) < 4.78 is 2.32. The number of nitrogens with one attached hydrogen (secondary N) is 2. The van der Waals surface area contributed by atoms with E-state index in [1.165, 1.54) is 16.8 Å². The van der Waals surface area contributed by atoms with E-state index in [2.05, 4.69) is 39.3 Å². The lowest BCUT2D eigenvalue weighted by molar-refractivity contribution is 0.517. The maximum absolute atomic E-state index is 4.05. The summed E-state index contributed by atoms with van der Waals surface area (Å²) in [6.45, 7) is 5.14. The Bertz CT molecular complexity index is 457. The first-order valence-electron chi connectivity index (χ1n) is 5.25. The number of aromatic nitrogens is 3. The van der Waals surface area contributed by atoms with E-state index in [1.807, 2.05) is 6.20 Å². The van der Waals surface area contributed by atoms with Crippen LogP contribution in [0.1, 0.15) is 11.4 Å². The van der Waals surface area contributed by atoms with Crippen LogP contribution in [0.25, 0.3) is 11.1 Å². The topological polar surface area (TPSA) is 45.6 Å². The summed E-state index contributed by atoms with van der Waals surface area (Å²) in [5.74, 6) is 0. The van der Waals surface area contributed by atoms with Gasteiger partial charge in [-0.25, -0.2) is 0 Å². The maximum atomic E-state index is 4.05. The molecular weight excluding hydrogens is 188 g/mol. The quantitative estimate of drug-likeness (QED) is 0.732. The largest absolute Gasteiger partial charge is 0.348 e. The summed E-state index contributed by atoms with van der Waals surface area (Å²) in [5.41, 5.74) is 4.96. The first-order chi connectivity index (χ1) is 7.34. The molecule has 15 heavy (non-hydrogen) atoms. The van der Waals surface area contributed by atoms with Gasteiger partial charge in [-0.2, -0.15) is 5.10 Å². The fourth-order valence-corrected chi connectivity index (χ4v) is 2.12. The van der Waals surface area contributed by atoms with Gasteiger partial charge in [0.1, 0.15) is 0 Å². The van der Waals surface area contributed by atoms with Crippen molar-refractivity contribution >= 4 is 0 Å². The third kappa shape index (κ3) is 1.37. The Kier molecular flexibility index (Phi) is 1.89. The molecule has 2 aromatic rings. The van der Waals surface area contributed by atoms with Crippen molar-refractivity contribution in [1.82, 2.24) is 20.1 Å². The van der Waals surface area contributed by atoms with Gasteiger partial charge in [0.05, 0.1) is 6.20 Å². The minimum Gasteiger partial charge on any atom is -0.348 e. The van der Waals surface area contributed by atoms with Gasteiger partial charge in [-0.15, -0.1) is 0 Å². The summed E-state index contributed by atoms with van der Waals surface area (Å²) in [7, 11) is 0. The smallest absolute Gasteiger partial charge is 0.0569 e. The van der Waals surface area contributed by atoms with Crippen molar-refractivity contribution in [2.45, 2.75) is 20.0 Å². The van der Waals surface area contributed by atoms with Crippen LogP contribution in [0, 0.1) is 6.92 Å². The number of aryl methyl sites for hydroxylation is 1. The Morgan fingerprint density at radius 3 is 3.13 bits per heavy atom. The van der Waals surface area contributed by atoms with E-state index >= 15 is 0 Å². The molecule has 4 heteroatoms. The molecule has 0 saturated heterocycles. The van der Waals surface area contributed by atoms with E-state index in [0.717, 1.165) is 25.3 Å². The number of H-pyrrole nitrogens is 1. The highest BCUT2D eigenvalue weighted by atomic mass is 15.1. The highest BCUT2D eigenvalue weighted by Crippen LogP contribution is 2.24. The minimum atomic E-state index is 0.969. The Labute approximate surface area is 88.3 Å².